The van der Waals surface area contributed by atoms with Crippen molar-refractivity contribution in [3.8, 4) is 0 Å². The molecule has 1 fully saturated rings. The summed E-state index contributed by atoms with van der Waals surface area (Å²) in [7, 11) is -3.41. The maximum atomic E-state index is 13.0. The van der Waals surface area contributed by atoms with E-state index < -0.39 is 10.0 Å². The average molecular weight is 368 g/mol. The number of thiophene rings is 1. The number of hydrogen-bond donors (Lipinski definition) is 0. The lowest BCUT2D eigenvalue weighted by molar-refractivity contribution is 0.428. The second-order valence-corrected chi connectivity index (χ2v) is 10.0. The van der Waals surface area contributed by atoms with E-state index in [1.807, 2.05) is 37.7 Å². The highest BCUT2D eigenvalue weighted by atomic mass is 32.2. The number of thioether (sulfide) groups is 1. The molecular weight excluding hydrogens is 346 g/mol. The molecule has 1 aliphatic rings. The van der Waals surface area contributed by atoms with Crippen molar-refractivity contribution in [1.82, 2.24) is 4.31 Å². The summed E-state index contributed by atoms with van der Waals surface area (Å²) >= 11 is 3.63. The van der Waals surface area contributed by atoms with Gasteiger partial charge in [-0.25, -0.2) is 8.42 Å². The van der Waals surface area contributed by atoms with Crippen molar-refractivity contribution >= 4 is 33.1 Å². The van der Waals surface area contributed by atoms with Crippen LogP contribution in [0.25, 0.3) is 0 Å². The third-order valence-electron chi connectivity index (χ3n) is 4.12. The van der Waals surface area contributed by atoms with Gasteiger partial charge in [0.05, 0.1) is 4.90 Å². The second kappa shape index (κ2) is 6.97. The molecule has 0 amide bonds. The number of hydrogen-bond acceptors (Lipinski definition) is 4. The lowest BCUT2D eigenvalue weighted by atomic mass is 10.2. The van der Waals surface area contributed by atoms with E-state index >= 15 is 0 Å². The summed E-state index contributed by atoms with van der Waals surface area (Å²) in [6.07, 6.45) is 0.870. The van der Waals surface area contributed by atoms with Crippen molar-refractivity contribution in [2.75, 3.05) is 18.8 Å². The molecule has 3 rings (SSSR count). The van der Waals surface area contributed by atoms with Gasteiger partial charge in [-0.1, -0.05) is 18.2 Å². The van der Waals surface area contributed by atoms with E-state index in [4.69, 9.17) is 0 Å². The van der Waals surface area contributed by atoms with Gasteiger partial charge >= 0.3 is 0 Å². The van der Waals surface area contributed by atoms with Gasteiger partial charge in [0.15, 0.2) is 0 Å². The third-order valence-corrected chi connectivity index (χ3v) is 8.61. The van der Waals surface area contributed by atoms with Crippen molar-refractivity contribution in [2.24, 2.45) is 0 Å². The molecule has 124 valence electrons. The first-order chi connectivity index (χ1) is 11.0. The van der Waals surface area contributed by atoms with Crippen LogP contribution in [0.2, 0.25) is 0 Å². The van der Waals surface area contributed by atoms with E-state index in [1.165, 1.54) is 4.88 Å². The summed E-state index contributed by atoms with van der Waals surface area (Å²) in [5.41, 5.74) is 1.80. The molecule has 23 heavy (non-hydrogen) atoms. The first kappa shape index (κ1) is 17.0. The Hall–Kier alpha value is -0.820. The molecule has 1 atom stereocenters. The molecule has 6 heteroatoms. The molecule has 1 unspecified atom stereocenters. The van der Waals surface area contributed by atoms with Crippen molar-refractivity contribution in [3.05, 3.63) is 51.7 Å². The van der Waals surface area contributed by atoms with Gasteiger partial charge in [-0.2, -0.15) is 16.1 Å². The number of sulfonamides is 1. The van der Waals surface area contributed by atoms with Crippen molar-refractivity contribution < 1.29 is 8.42 Å². The lowest BCUT2D eigenvalue weighted by Gasteiger charge is -2.21. The zero-order valence-corrected chi connectivity index (χ0v) is 15.8. The van der Waals surface area contributed by atoms with Gasteiger partial charge in [-0.15, -0.1) is 11.3 Å². The lowest BCUT2D eigenvalue weighted by Crippen LogP contribution is -2.33. The normalized spacial score (nSPS) is 20.3. The molecule has 0 spiro atoms. The second-order valence-electron chi connectivity index (χ2n) is 5.84. The summed E-state index contributed by atoms with van der Waals surface area (Å²) in [4.78, 5) is 1.80. The predicted octanol–water partition coefficient (Wildman–Crippen LogP) is 4.23. The zero-order valence-electron chi connectivity index (χ0n) is 13.4. The average Bonchev–Trinajstić information content (AvgIpc) is 2.93. The van der Waals surface area contributed by atoms with Crippen molar-refractivity contribution in [1.29, 1.82) is 0 Å². The molecule has 1 saturated heterocycles. The fraction of sp³-hybridized carbons (Fsp3) is 0.412. The Balaban J connectivity index is 1.82. The number of rotatable bonds is 3. The molecule has 0 aliphatic carbocycles. The maximum absolute atomic E-state index is 13.0. The predicted molar refractivity (Wildman–Crippen MR) is 98.8 cm³/mol. The monoisotopic (exact) mass is 367 g/mol. The molecule has 0 radical (unpaired) electrons. The van der Waals surface area contributed by atoms with E-state index in [0.29, 0.717) is 23.2 Å². The topological polar surface area (TPSA) is 37.4 Å². The quantitative estimate of drug-likeness (QED) is 0.814. The van der Waals surface area contributed by atoms with Gasteiger partial charge in [0.1, 0.15) is 0 Å². The molecule has 0 bridgehead atoms. The largest absolute Gasteiger partial charge is 0.243 e. The summed E-state index contributed by atoms with van der Waals surface area (Å²) in [6, 6.07) is 9.86. The fourth-order valence-corrected chi connectivity index (χ4v) is 6.93. The number of benzene rings is 1. The zero-order chi connectivity index (χ0) is 16.4. The van der Waals surface area contributed by atoms with Crippen LogP contribution >= 0.6 is 23.1 Å². The number of aryl methyl sites for hydroxylation is 2. The van der Waals surface area contributed by atoms with Gasteiger partial charge in [0.2, 0.25) is 10.0 Å². The minimum Gasteiger partial charge on any atom is -0.207 e. The van der Waals surface area contributed by atoms with E-state index in [0.717, 1.165) is 23.3 Å². The molecule has 0 saturated carbocycles. The van der Waals surface area contributed by atoms with Crippen LogP contribution in [-0.2, 0) is 10.0 Å². The van der Waals surface area contributed by atoms with E-state index in [2.05, 4.69) is 17.5 Å². The molecule has 1 aliphatic heterocycles. The van der Waals surface area contributed by atoms with Crippen LogP contribution in [0.5, 0.6) is 0 Å². The molecule has 1 aromatic carbocycles. The Bertz CT molecular complexity index is 769. The van der Waals surface area contributed by atoms with Crippen LogP contribution in [0.3, 0.4) is 0 Å². The van der Waals surface area contributed by atoms with Gasteiger partial charge in [-0.3, -0.25) is 0 Å². The minimum absolute atomic E-state index is 0.411. The molecule has 2 heterocycles. The Morgan fingerprint density at radius 1 is 1.17 bits per heavy atom. The fourth-order valence-electron chi connectivity index (χ4n) is 2.82. The SMILES string of the molecule is Cc1ccc(C)c(S(=O)(=O)N2CCSC(c3cccs3)CC2)c1. The summed E-state index contributed by atoms with van der Waals surface area (Å²) < 4.78 is 27.7. The number of nitrogens with zero attached hydrogens (tertiary/aromatic N) is 1. The Labute approximate surface area is 146 Å². The maximum Gasteiger partial charge on any atom is 0.243 e. The highest BCUT2D eigenvalue weighted by Crippen LogP contribution is 2.37. The van der Waals surface area contributed by atoms with E-state index in [1.54, 1.807) is 21.7 Å². The summed E-state index contributed by atoms with van der Waals surface area (Å²) in [5.74, 6) is 0.840. The van der Waals surface area contributed by atoms with Crippen molar-refractivity contribution in [3.63, 3.8) is 0 Å². The van der Waals surface area contributed by atoms with Crippen molar-refractivity contribution in [2.45, 2.75) is 30.4 Å². The Morgan fingerprint density at radius 2 is 2.00 bits per heavy atom. The molecule has 3 nitrogen and oxygen atoms in total. The van der Waals surface area contributed by atoms with Crippen LogP contribution in [0, 0.1) is 13.8 Å². The highest BCUT2D eigenvalue weighted by molar-refractivity contribution is 7.99. The first-order valence-corrected chi connectivity index (χ1v) is 11.1. The van der Waals surface area contributed by atoms with E-state index in [9.17, 15) is 8.42 Å². The Morgan fingerprint density at radius 3 is 2.74 bits per heavy atom. The van der Waals surface area contributed by atoms with Crippen LogP contribution in [0.4, 0.5) is 0 Å². The van der Waals surface area contributed by atoms with Gasteiger partial charge in [-0.05, 0) is 48.9 Å². The Kier molecular flexibility index (Phi) is 5.16. The standard InChI is InChI=1S/C17H21NO2S3/c1-13-5-6-14(2)17(12-13)23(19,20)18-8-7-16(22-11-9-18)15-4-3-10-21-15/h3-6,10,12,16H,7-9,11H2,1-2H3. The minimum atomic E-state index is -3.41. The van der Waals surface area contributed by atoms with Crippen LogP contribution in [0.15, 0.2) is 40.6 Å². The molecule has 0 N–H and O–H groups in total. The summed E-state index contributed by atoms with van der Waals surface area (Å²) in [5, 5.41) is 2.50. The smallest absolute Gasteiger partial charge is 0.207 e. The molecular formula is C17H21NO2S3. The molecule has 1 aromatic heterocycles. The van der Waals surface area contributed by atoms with Crippen LogP contribution < -0.4 is 0 Å². The van der Waals surface area contributed by atoms with E-state index in [-0.39, 0.29) is 0 Å². The van der Waals surface area contributed by atoms with Gasteiger partial charge in [0, 0.05) is 29.0 Å². The van der Waals surface area contributed by atoms with Gasteiger partial charge < -0.3 is 0 Å². The van der Waals surface area contributed by atoms with Crippen LogP contribution in [0.1, 0.15) is 27.7 Å². The first-order valence-electron chi connectivity index (χ1n) is 7.71. The molecule has 2 aromatic rings. The van der Waals surface area contributed by atoms with Gasteiger partial charge in [0.25, 0.3) is 0 Å². The highest BCUT2D eigenvalue weighted by Gasteiger charge is 2.29. The van der Waals surface area contributed by atoms with Crippen LogP contribution in [-0.4, -0.2) is 31.6 Å². The summed E-state index contributed by atoms with van der Waals surface area (Å²) in [6.45, 7) is 4.98. The third kappa shape index (κ3) is 3.65.